The molecule has 0 bridgehead atoms. The van der Waals surface area contributed by atoms with Crippen molar-refractivity contribution in [3.8, 4) is 0 Å². The number of halogens is 1. The first-order valence-corrected chi connectivity index (χ1v) is 7.77. The third-order valence-electron chi connectivity index (χ3n) is 2.72. The van der Waals surface area contributed by atoms with Gasteiger partial charge in [0.25, 0.3) is 0 Å². The number of carboxylic acid groups (broad SMARTS) is 1. The molecule has 1 atom stereocenters. The Morgan fingerprint density at radius 3 is 2.65 bits per heavy atom. The van der Waals surface area contributed by atoms with E-state index < -0.39 is 16.0 Å². The van der Waals surface area contributed by atoms with Crippen LogP contribution in [0.3, 0.4) is 0 Å². The van der Waals surface area contributed by atoms with Crippen LogP contribution in [-0.2, 0) is 10.0 Å². The summed E-state index contributed by atoms with van der Waals surface area (Å²) in [6.45, 7) is 1.93. The number of sulfonamides is 1. The van der Waals surface area contributed by atoms with Gasteiger partial charge in [-0.15, -0.1) is 0 Å². The lowest BCUT2D eigenvalue weighted by atomic mass is 10.1. The fourth-order valence-electron chi connectivity index (χ4n) is 1.49. The van der Waals surface area contributed by atoms with E-state index in [0.29, 0.717) is 6.42 Å². The van der Waals surface area contributed by atoms with Crippen LogP contribution in [0.15, 0.2) is 23.1 Å². The Bertz CT molecular complexity index is 588. The van der Waals surface area contributed by atoms with Gasteiger partial charge in [0.05, 0.1) is 15.5 Å². The SMILES string of the molecule is CC(CCO)CNS(=O)(=O)c1ccc(Cl)c(C(=O)O)c1. The van der Waals surface area contributed by atoms with Gasteiger partial charge in [0.1, 0.15) is 0 Å². The van der Waals surface area contributed by atoms with E-state index in [4.69, 9.17) is 21.8 Å². The molecule has 1 rings (SSSR count). The number of aliphatic hydroxyl groups is 1. The molecule has 1 aromatic carbocycles. The summed E-state index contributed by atoms with van der Waals surface area (Å²) in [6, 6.07) is 3.49. The average Bonchev–Trinajstić information content (AvgIpc) is 2.37. The minimum atomic E-state index is -3.80. The van der Waals surface area contributed by atoms with Crippen molar-refractivity contribution >= 4 is 27.6 Å². The second-order valence-electron chi connectivity index (χ2n) is 4.42. The first kappa shape index (κ1) is 16.9. The molecule has 0 aliphatic rings. The van der Waals surface area contributed by atoms with Crippen molar-refractivity contribution in [2.24, 2.45) is 5.92 Å². The van der Waals surface area contributed by atoms with Crippen LogP contribution in [0.2, 0.25) is 5.02 Å². The van der Waals surface area contributed by atoms with E-state index in [-0.39, 0.29) is 34.6 Å². The van der Waals surface area contributed by atoms with Gasteiger partial charge in [-0.2, -0.15) is 0 Å². The molecule has 112 valence electrons. The smallest absolute Gasteiger partial charge is 0.337 e. The first-order chi connectivity index (χ1) is 9.27. The molecule has 0 radical (unpaired) electrons. The van der Waals surface area contributed by atoms with Gasteiger partial charge in [-0.25, -0.2) is 17.9 Å². The molecule has 0 saturated heterocycles. The maximum atomic E-state index is 12.0. The number of nitrogens with one attached hydrogen (secondary N) is 1. The fraction of sp³-hybridized carbons (Fsp3) is 0.417. The van der Waals surface area contributed by atoms with Gasteiger partial charge in [-0.05, 0) is 30.5 Å². The van der Waals surface area contributed by atoms with Crippen molar-refractivity contribution in [3.05, 3.63) is 28.8 Å². The van der Waals surface area contributed by atoms with Crippen molar-refractivity contribution in [1.82, 2.24) is 4.72 Å². The largest absolute Gasteiger partial charge is 0.478 e. The maximum absolute atomic E-state index is 12.0. The molecule has 0 aliphatic heterocycles. The number of benzene rings is 1. The molecule has 0 fully saturated rings. The lowest BCUT2D eigenvalue weighted by molar-refractivity contribution is 0.0697. The molecule has 0 saturated carbocycles. The molecule has 20 heavy (non-hydrogen) atoms. The Hall–Kier alpha value is -1.15. The second-order valence-corrected chi connectivity index (χ2v) is 6.59. The Balaban J connectivity index is 2.93. The van der Waals surface area contributed by atoms with E-state index in [1.54, 1.807) is 6.92 Å². The summed E-state index contributed by atoms with van der Waals surface area (Å²) in [5, 5.41) is 17.6. The Morgan fingerprint density at radius 2 is 2.10 bits per heavy atom. The molecule has 8 heteroatoms. The summed E-state index contributed by atoms with van der Waals surface area (Å²) in [7, 11) is -3.80. The maximum Gasteiger partial charge on any atom is 0.337 e. The minimum absolute atomic E-state index is 0.0208. The summed E-state index contributed by atoms with van der Waals surface area (Å²) in [5.41, 5.74) is -0.266. The quantitative estimate of drug-likeness (QED) is 0.703. The highest BCUT2D eigenvalue weighted by Gasteiger charge is 2.18. The Labute approximate surface area is 122 Å². The summed E-state index contributed by atoms with van der Waals surface area (Å²) in [5.74, 6) is -1.32. The number of hydrogen-bond donors (Lipinski definition) is 3. The monoisotopic (exact) mass is 321 g/mol. The molecule has 0 aromatic heterocycles. The predicted octanol–water partition coefficient (Wildman–Crippen LogP) is 1.34. The van der Waals surface area contributed by atoms with Gasteiger partial charge in [0.2, 0.25) is 10.0 Å². The molecule has 0 spiro atoms. The second kappa shape index (κ2) is 7.03. The number of carbonyl (C=O) groups is 1. The number of aliphatic hydroxyl groups excluding tert-OH is 1. The standard InChI is InChI=1S/C12H16ClNO5S/c1-8(4-5-15)7-14-20(18,19)9-2-3-11(13)10(6-9)12(16)17/h2-3,6,8,14-15H,4-5,7H2,1H3,(H,16,17). The first-order valence-electron chi connectivity index (χ1n) is 5.91. The Kier molecular flexibility index (Phi) is 5.94. The molecule has 3 N–H and O–H groups in total. The van der Waals surface area contributed by atoms with Gasteiger partial charge >= 0.3 is 5.97 Å². The van der Waals surface area contributed by atoms with Crippen molar-refractivity contribution in [2.75, 3.05) is 13.2 Å². The van der Waals surface area contributed by atoms with Gasteiger partial charge in [-0.1, -0.05) is 18.5 Å². The summed E-state index contributed by atoms with van der Waals surface area (Å²) in [4.78, 5) is 10.8. The molecular formula is C12H16ClNO5S. The van der Waals surface area contributed by atoms with Crippen molar-refractivity contribution < 1.29 is 23.4 Å². The molecule has 1 aromatic rings. The summed E-state index contributed by atoms with van der Waals surface area (Å²) >= 11 is 5.69. The number of aromatic carboxylic acids is 1. The zero-order chi connectivity index (χ0) is 15.3. The zero-order valence-electron chi connectivity index (χ0n) is 10.8. The van der Waals surface area contributed by atoms with Gasteiger partial charge in [0.15, 0.2) is 0 Å². The van der Waals surface area contributed by atoms with Crippen LogP contribution in [0.25, 0.3) is 0 Å². The van der Waals surface area contributed by atoms with Gasteiger partial charge in [0, 0.05) is 13.2 Å². The highest BCUT2D eigenvalue weighted by atomic mass is 35.5. The molecule has 6 nitrogen and oxygen atoms in total. The summed E-state index contributed by atoms with van der Waals surface area (Å²) < 4.78 is 26.4. The normalized spacial score (nSPS) is 13.2. The highest BCUT2D eigenvalue weighted by molar-refractivity contribution is 7.89. The predicted molar refractivity (Wildman–Crippen MR) is 74.5 cm³/mol. The minimum Gasteiger partial charge on any atom is -0.478 e. The molecule has 0 aliphatic carbocycles. The van der Waals surface area contributed by atoms with E-state index in [1.807, 2.05) is 0 Å². The van der Waals surface area contributed by atoms with Crippen LogP contribution < -0.4 is 4.72 Å². The lowest BCUT2D eigenvalue weighted by Gasteiger charge is -2.12. The fourth-order valence-corrected chi connectivity index (χ4v) is 2.88. The van der Waals surface area contributed by atoms with E-state index in [9.17, 15) is 13.2 Å². The topological polar surface area (TPSA) is 104 Å². The number of rotatable bonds is 7. The Morgan fingerprint density at radius 1 is 1.45 bits per heavy atom. The third kappa shape index (κ3) is 4.45. The average molecular weight is 322 g/mol. The van der Waals surface area contributed by atoms with E-state index >= 15 is 0 Å². The number of hydrogen-bond acceptors (Lipinski definition) is 4. The van der Waals surface area contributed by atoms with Crippen LogP contribution in [0.4, 0.5) is 0 Å². The van der Waals surface area contributed by atoms with Crippen molar-refractivity contribution in [1.29, 1.82) is 0 Å². The third-order valence-corrected chi connectivity index (χ3v) is 4.47. The van der Waals surface area contributed by atoms with Crippen LogP contribution >= 0.6 is 11.6 Å². The van der Waals surface area contributed by atoms with Crippen LogP contribution in [0, 0.1) is 5.92 Å². The highest BCUT2D eigenvalue weighted by Crippen LogP contribution is 2.20. The van der Waals surface area contributed by atoms with Gasteiger partial charge in [-0.3, -0.25) is 0 Å². The van der Waals surface area contributed by atoms with Crippen LogP contribution in [0.1, 0.15) is 23.7 Å². The van der Waals surface area contributed by atoms with E-state index in [1.165, 1.54) is 12.1 Å². The van der Waals surface area contributed by atoms with E-state index in [2.05, 4.69) is 4.72 Å². The number of carboxylic acids is 1. The molecule has 1 unspecified atom stereocenters. The molecule has 0 amide bonds. The van der Waals surface area contributed by atoms with Gasteiger partial charge < -0.3 is 10.2 Å². The van der Waals surface area contributed by atoms with Crippen LogP contribution in [0.5, 0.6) is 0 Å². The zero-order valence-corrected chi connectivity index (χ0v) is 12.4. The van der Waals surface area contributed by atoms with Crippen molar-refractivity contribution in [3.63, 3.8) is 0 Å². The molecule has 0 heterocycles. The van der Waals surface area contributed by atoms with E-state index in [0.717, 1.165) is 6.07 Å². The van der Waals surface area contributed by atoms with Crippen molar-refractivity contribution in [2.45, 2.75) is 18.2 Å². The molecular weight excluding hydrogens is 306 g/mol. The van der Waals surface area contributed by atoms with Crippen LogP contribution in [-0.4, -0.2) is 37.8 Å². The summed E-state index contributed by atoms with van der Waals surface area (Å²) in [6.07, 6.45) is 0.476. The lowest BCUT2D eigenvalue weighted by Crippen LogP contribution is -2.29.